The van der Waals surface area contributed by atoms with Gasteiger partial charge in [0, 0.05) is 13.6 Å². The highest BCUT2D eigenvalue weighted by Gasteiger charge is 2.20. The third-order valence-corrected chi connectivity index (χ3v) is 3.60. The third kappa shape index (κ3) is 2.73. The van der Waals surface area contributed by atoms with Crippen molar-refractivity contribution in [1.29, 1.82) is 0 Å². The first-order valence-corrected chi connectivity index (χ1v) is 6.68. The second-order valence-corrected chi connectivity index (χ2v) is 4.89. The molecule has 17 heavy (non-hydrogen) atoms. The SMILES string of the molecule is CCc1nnc(N(C)CC2CCC2)nc1CC. The highest BCUT2D eigenvalue weighted by molar-refractivity contribution is 5.29. The summed E-state index contributed by atoms with van der Waals surface area (Å²) in [4.78, 5) is 6.77. The number of nitrogens with zero attached hydrogens (tertiary/aromatic N) is 4. The van der Waals surface area contributed by atoms with Gasteiger partial charge in [-0.3, -0.25) is 0 Å². The van der Waals surface area contributed by atoms with Gasteiger partial charge in [-0.15, -0.1) is 5.10 Å². The molecule has 4 heteroatoms. The minimum Gasteiger partial charge on any atom is -0.342 e. The van der Waals surface area contributed by atoms with E-state index >= 15 is 0 Å². The van der Waals surface area contributed by atoms with Crippen LogP contribution in [0, 0.1) is 5.92 Å². The van der Waals surface area contributed by atoms with E-state index in [9.17, 15) is 0 Å². The smallest absolute Gasteiger partial charge is 0.245 e. The van der Waals surface area contributed by atoms with Crippen molar-refractivity contribution >= 4 is 5.95 Å². The van der Waals surface area contributed by atoms with Crippen LogP contribution in [-0.4, -0.2) is 28.8 Å². The average Bonchev–Trinajstić information content (AvgIpc) is 2.32. The molecule has 0 aliphatic heterocycles. The van der Waals surface area contributed by atoms with Gasteiger partial charge in [0.15, 0.2) is 0 Å². The van der Waals surface area contributed by atoms with Crippen LogP contribution in [0.4, 0.5) is 5.95 Å². The first-order valence-electron chi connectivity index (χ1n) is 6.68. The Morgan fingerprint density at radius 1 is 1.12 bits per heavy atom. The molecule has 94 valence electrons. The molecule has 0 spiro atoms. The highest BCUT2D eigenvalue weighted by Crippen LogP contribution is 2.27. The molecule has 0 bridgehead atoms. The van der Waals surface area contributed by atoms with Gasteiger partial charge in [-0.25, -0.2) is 4.98 Å². The summed E-state index contributed by atoms with van der Waals surface area (Å²) in [7, 11) is 2.07. The van der Waals surface area contributed by atoms with Crippen molar-refractivity contribution in [1.82, 2.24) is 15.2 Å². The molecule has 1 aliphatic carbocycles. The molecule has 0 atom stereocenters. The van der Waals surface area contributed by atoms with E-state index in [2.05, 4.69) is 41.0 Å². The molecule has 1 aliphatic rings. The fraction of sp³-hybridized carbons (Fsp3) is 0.769. The molecule has 1 aromatic heterocycles. The summed E-state index contributed by atoms with van der Waals surface area (Å²) in [5.41, 5.74) is 2.13. The van der Waals surface area contributed by atoms with E-state index in [1.807, 2.05) is 0 Å². The van der Waals surface area contributed by atoms with Crippen LogP contribution in [0.15, 0.2) is 0 Å². The van der Waals surface area contributed by atoms with Gasteiger partial charge >= 0.3 is 0 Å². The van der Waals surface area contributed by atoms with Crippen LogP contribution in [-0.2, 0) is 12.8 Å². The molecule has 1 saturated carbocycles. The van der Waals surface area contributed by atoms with Gasteiger partial charge in [-0.1, -0.05) is 20.3 Å². The molecular weight excluding hydrogens is 212 g/mol. The first-order chi connectivity index (χ1) is 8.24. The second kappa shape index (κ2) is 5.43. The molecule has 1 heterocycles. The van der Waals surface area contributed by atoms with Gasteiger partial charge < -0.3 is 4.90 Å². The first kappa shape index (κ1) is 12.3. The van der Waals surface area contributed by atoms with Crippen molar-refractivity contribution in [3.63, 3.8) is 0 Å². The van der Waals surface area contributed by atoms with Gasteiger partial charge in [-0.2, -0.15) is 5.10 Å². The molecule has 0 amide bonds. The zero-order valence-electron chi connectivity index (χ0n) is 11.1. The molecule has 0 N–H and O–H groups in total. The normalized spacial score (nSPS) is 15.7. The lowest BCUT2D eigenvalue weighted by molar-refractivity contribution is 0.320. The van der Waals surface area contributed by atoms with Crippen LogP contribution in [0.25, 0.3) is 0 Å². The number of aromatic nitrogens is 3. The largest absolute Gasteiger partial charge is 0.342 e. The topological polar surface area (TPSA) is 41.9 Å². The molecule has 0 aromatic carbocycles. The Kier molecular flexibility index (Phi) is 3.92. The van der Waals surface area contributed by atoms with Crippen LogP contribution in [0.5, 0.6) is 0 Å². The van der Waals surface area contributed by atoms with E-state index in [0.29, 0.717) is 0 Å². The Balaban J connectivity index is 2.08. The monoisotopic (exact) mass is 234 g/mol. The predicted molar refractivity (Wildman–Crippen MR) is 69.2 cm³/mol. The van der Waals surface area contributed by atoms with Crippen LogP contribution in [0.3, 0.4) is 0 Å². The van der Waals surface area contributed by atoms with Crippen molar-refractivity contribution in [3.8, 4) is 0 Å². The van der Waals surface area contributed by atoms with Crippen molar-refractivity contribution in [2.75, 3.05) is 18.5 Å². The number of anilines is 1. The molecular formula is C13H22N4. The van der Waals surface area contributed by atoms with Gasteiger partial charge in [-0.05, 0) is 31.6 Å². The molecule has 0 radical (unpaired) electrons. The zero-order valence-corrected chi connectivity index (χ0v) is 11.1. The number of hydrogen-bond acceptors (Lipinski definition) is 4. The van der Waals surface area contributed by atoms with E-state index in [1.54, 1.807) is 0 Å². The summed E-state index contributed by atoms with van der Waals surface area (Å²) < 4.78 is 0. The molecule has 4 nitrogen and oxygen atoms in total. The molecule has 1 fully saturated rings. The Morgan fingerprint density at radius 3 is 2.35 bits per heavy atom. The summed E-state index contributed by atoms with van der Waals surface area (Å²) in [6, 6.07) is 0. The maximum absolute atomic E-state index is 4.63. The van der Waals surface area contributed by atoms with Crippen LogP contribution in [0.2, 0.25) is 0 Å². The van der Waals surface area contributed by atoms with Crippen LogP contribution >= 0.6 is 0 Å². The molecule has 0 unspecified atom stereocenters. The quantitative estimate of drug-likeness (QED) is 0.783. The molecule has 1 aromatic rings. The van der Waals surface area contributed by atoms with Gasteiger partial charge in [0.25, 0.3) is 0 Å². The zero-order chi connectivity index (χ0) is 12.3. The summed E-state index contributed by atoms with van der Waals surface area (Å²) in [6.45, 7) is 5.29. The lowest BCUT2D eigenvalue weighted by Gasteiger charge is -2.30. The standard InChI is InChI=1S/C13H22N4/c1-4-11-12(5-2)15-16-13(14-11)17(3)9-10-7-6-8-10/h10H,4-9H2,1-3H3. The van der Waals surface area contributed by atoms with Gasteiger partial charge in [0.05, 0.1) is 11.4 Å². The summed E-state index contributed by atoms with van der Waals surface area (Å²) >= 11 is 0. The predicted octanol–water partition coefficient (Wildman–Crippen LogP) is 2.23. The van der Waals surface area contributed by atoms with Gasteiger partial charge in [0.2, 0.25) is 5.95 Å². The number of hydrogen-bond donors (Lipinski definition) is 0. The minimum absolute atomic E-state index is 0.783. The van der Waals surface area contributed by atoms with Crippen molar-refractivity contribution in [3.05, 3.63) is 11.4 Å². The van der Waals surface area contributed by atoms with E-state index in [1.165, 1.54) is 19.3 Å². The maximum atomic E-state index is 4.63. The number of aryl methyl sites for hydroxylation is 2. The minimum atomic E-state index is 0.783. The fourth-order valence-corrected chi connectivity index (χ4v) is 2.23. The van der Waals surface area contributed by atoms with E-state index < -0.39 is 0 Å². The van der Waals surface area contributed by atoms with Gasteiger partial charge in [0.1, 0.15) is 0 Å². The maximum Gasteiger partial charge on any atom is 0.245 e. The fourth-order valence-electron chi connectivity index (χ4n) is 2.23. The lowest BCUT2D eigenvalue weighted by atomic mass is 9.85. The Labute approximate surface area is 103 Å². The van der Waals surface area contributed by atoms with E-state index in [0.717, 1.165) is 42.6 Å². The Bertz CT molecular complexity index is 374. The van der Waals surface area contributed by atoms with Crippen molar-refractivity contribution in [2.45, 2.75) is 46.0 Å². The van der Waals surface area contributed by atoms with Crippen LogP contribution < -0.4 is 4.90 Å². The van der Waals surface area contributed by atoms with E-state index in [-0.39, 0.29) is 0 Å². The molecule has 2 rings (SSSR count). The lowest BCUT2D eigenvalue weighted by Crippen LogP contribution is -2.31. The Morgan fingerprint density at radius 2 is 1.82 bits per heavy atom. The Hall–Kier alpha value is -1.19. The van der Waals surface area contributed by atoms with Crippen molar-refractivity contribution < 1.29 is 0 Å². The molecule has 0 saturated heterocycles. The summed E-state index contributed by atoms with van der Waals surface area (Å²) in [5.74, 6) is 1.62. The summed E-state index contributed by atoms with van der Waals surface area (Å²) in [6.07, 6.45) is 5.93. The summed E-state index contributed by atoms with van der Waals surface area (Å²) in [5, 5.41) is 8.52. The van der Waals surface area contributed by atoms with E-state index in [4.69, 9.17) is 0 Å². The average molecular weight is 234 g/mol. The number of rotatable bonds is 5. The highest BCUT2D eigenvalue weighted by atomic mass is 15.3. The third-order valence-electron chi connectivity index (χ3n) is 3.60. The van der Waals surface area contributed by atoms with Crippen molar-refractivity contribution in [2.24, 2.45) is 5.92 Å². The second-order valence-electron chi connectivity index (χ2n) is 4.89. The van der Waals surface area contributed by atoms with Crippen LogP contribution in [0.1, 0.15) is 44.5 Å².